The van der Waals surface area contributed by atoms with Crippen molar-refractivity contribution in [3.63, 3.8) is 0 Å². The quantitative estimate of drug-likeness (QED) is 0.530. The standard InChI is InChI=1S/C19H25N3O3/c1-5-22(6-2)12-16-11-15(7-8-18(16)23)13(3)20-21-19(24)17-9-10-25-14(17)4/h7-11,23H,5-6,12H2,1-4H3,(H,21,24)/p+1/b20-13+. The van der Waals surface area contributed by atoms with Gasteiger partial charge in [-0.1, -0.05) is 0 Å². The summed E-state index contributed by atoms with van der Waals surface area (Å²) in [7, 11) is 0. The van der Waals surface area contributed by atoms with Crippen LogP contribution in [0, 0.1) is 6.92 Å². The van der Waals surface area contributed by atoms with Gasteiger partial charge in [-0.25, -0.2) is 5.43 Å². The molecular formula is C19H26N3O3+. The van der Waals surface area contributed by atoms with E-state index >= 15 is 0 Å². The summed E-state index contributed by atoms with van der Waals surface area (Å²) < 4.78 is 5.12. The SMILES string of the molecule is CC[NH+](CC)Cc1cc(/C(C)=N/NC(=O)c2ccoc2C)ccc1O. The average molecular weight is 344 g/mol. The molecular weight excluding hydrogens is 318 g/mol. The molecule has 0 aliphatic carbocycles. The smallest absolute Gasteiger partial charge is 0.274 e. The molecule has 25 heavy (non-hydrogen) atoms. The van der Waals surface area contributed by atoms with Gasteiger partial charge >= 0.3 is 0 Å². The molecule has 0 aliphatic heterocycles. The zero-order valence-corrected chi connectivity index (χ0v) is 15.2. The largest absolute Gasteiger partial charge is 0.507 e. The second kappa shape index (κ2) is 8.48. The summed E-state index contributed by atoms with van der Waals surface area (Å²) in [6.07, 6.45) is 1.47. The number of hydrogen-bond donors (Lipinski definition) is 3. The Labute approximate surface area is 148 Å². The Hall–Kier alpha value is -2.60. The van der Waals surface area contributed by atoms with E-state index in [-0.39, 0.29) is 11.7 Å². The van der Waals surface area contributed by atoms with Gasteiger partial charge in [0.1, 0.15) is 18.1 Å². The lowest BCUT2D eigenvalue weighted by atomic mass is 10.1. The van der Waals surface area contributed by atoms with Crippen LogP contribution in [0.1, 0.15) is 48.0 Å². The number of carbonyl (C=O) groups is 1. The van der Waals surface area contributed by atoms with Gasteiger partial charge in [0.15, 0.2) is 0 Å². The topological polar surface area (TPSA) is 79.3 Å². The van der Waals surface area contributed by atoms with Crippen LogP contribution in [0.2, 0.25) is 0 Å². The number of furan rings is 1. The first-order chi connectivity index (χ1) is 12.0. The van der Waals surface area contributed by atoms with Crippen LogP contribution in [0.4, 0.5) is 0 Å². The highest BCUT2D eigenvalue weighted by molar-refractivity contribution is 6.01. The normalized spacial score (nSPS) is 11.8. The van der Waals surface area contributed by atoms with Crippen molar-refractivity contribution in [3.8, 4) is 5.75 Å². The Morgan fingerprint density at radius 1 is 1.28 bits per heavy atom. The number of aromatic hydroxyl groups is 1. The molecule has 0 saturated heterocycles. The van der Waals surface area contributed by atoms with Crippen molar-refractivity contribution in [3.05, 3.63) is 53.0 Å². The van der Waals surface area contributed by atoms with Crippen LogP contribution in [0.15, 0.2) is 40.0 Å². The molecule has 0 unspecified atom stereocenters. The van der Waals surface area contributed by atoms with Crippen LogP contribution in [0.3, 0.4) is 0 Å². The second-order valence-electron chi connectivity index (χ2n) is 6.01. The van der Waals surface area contributed by atoms with Crippen molar-refractivity contribution in [2.75, 3.05) is 13.1 Å². The highest BCUT2D eigenvalue weighted by Gasteiger charge is 2.13. The maximum atomic E-state index is 12.1. The fraction of sp³-hybridized carbons (Fsp3) is 0.368. The number of rotatable bonds is 7. The highest BCUT2D eigenvalue weighted by Crippen LogP contribution is 2.18. The third-order valence-corrected chi connectivity index (χ3v) is 4.37. The molecule has 0 bridgehead atoms. The molecule has 0 aliphatic rings. The van der Waals surface area contributed by atoms with Gasteiger partial charge in [0.05, 0.1) is 30.6 Å². The molecule has 6 heteroatoms. The molecule has 1 heterocycles. The molecule has 0 fully saturated rings. The van der Waals surface area contributed by atoms with E-state index in [0.29, 0.717) is 17.0 Å². The number of amides is 1. The minimum atomic E-state index is -0.308. The van der Waals surface area contributed by atoms with Crippen molar-refractivity contribution in [2.45, 2.75) is 34.2 Å². The Morgan fingerprint density at radius 2 is 2.00 bits per heavy atom. The number of phenolic OH excluding ortho intramolecular Hbond substituents is 1. The number of benzene rings is 1. The van der Waals surface area contributed by atoms with Crippen LogP contribution >= 0.6 is 0 Å². The van der Waals surface area contributed by atoms with Gasteiger partial charge in [0.2, 0.25) is 0 Å². The van der Waals surface area contributed by atoms with Crippen LogP contribution < -0.4 is 10.3 Å². The molecule has 1 amide bonds. The Balaban J connectivity index is 2.14. The molecule has 1 aromatic carbocycles. The molecule has 0 saturated carbocycles. The molecule has 0 radical (unpaired) electrons. The summed E-state index contributed by atoms with van der Waals surface area (Å²) in [5.74, 6) is 0.533. The summed E-state index contributed by atoms with van der Waals surface area (Å²) in [4.78, 5) is 13.5. The van der Waals surface area contributed by atoms with E-state index in [1.54, 1.807) is 25.1 Å². The molecule has 6 nitrogen and oxygen atoms in total. The van der Waals surface area contributed by atoms with Gasteiger partial charge in [-0.15, -0.1) is 0 Å². The van der Waals surface area contributed by atoms with Crippen LogP contribution in [-0.4, -0.2) is 29.8 Å². The van der Waals surface area contributed by atoms with E-state index in [0.717, 1.165) is 30.8 Å². The van der Waals surface area contributed by atoms with Crippen molar-refractivity contribution >= 4 is 11.6 Å². The monoisotopic (exact) mass is 344 g/mol. The van der Waals surface area contributed by atoms with Gasteiger partial charge in [-0.3, -0.25) is 4.79 Å². The lowest BCUT2D eigenvalue weighted by Gasteiger charge is -2.16. The van der Waals surface area contributed by atoms with E-state index in [2.05, 4.69) is 24.4 Å². The van der Waals surface area contributed by atoms with Crippen LogP contribution in [0.5, 0.6) is 5.75 Å². The zero-order valence-electron chi connectivity index (χ0n) is 15.2. The first-order valence-electron chi connectivity index (χ1n) is 8.50. The lowest BCUT2D eigenvalue weighted by Crippen LogP contribution is -3.10. The number of quaternary nitrogens is 1. The molecule has 1 aromatic heterocycles. The number of aryl methyl sites for hydroxylation is 1. The van der Waals surface area contributed by atoms with Gasteiger partial charge < -0.3 is 14.4 Å². The summed E-state index contributed by atoms with van der Waals surface area (Å²) in [6, 6.07) is 7.01. The van der Waals surface area contributed by atoms with E-state index in [1.807, 2.05) is 13.0 Å². The third kappa shape index (κ3) is 4.70. The lowest BCUT2D eigenvalue weighted by molar-refractivity contribution is -0.910. The Bertz CT molecular complexity index is 761. The summed E-state index contributed by atoms with van der Waals surface area (Å²) in [5.41, 5.74) is 5.42. The number of nitrogens with one attached hydrogen (secondary N) is 2. The summed E-state index contributed by atoms with van der Waals surface area (Å²) in [6.45, 7) is 10.5. The van der Waals surface area contributed by atoms with E-state index < -0.39 is 0 Å². The highest BCUT2D eigenvalue weighted by atomic mass is 16.3. The fourth-order valence-corrected chi connectivity index (χ4v) is 2.60. The van der Waals surface area contributed by atoms with Crippen molar-refractivity contribution in [1.82, 2.24) is 5.43 Å². The Morgan fingerprint density at radius 3 is 2.60 bits per heavy atom. The van der Waals surface area contributed by atoms with Crippen molar-refractivity contribution < 1.29 is 19.2 Å². The summed E-state index contributed by atoms with van der Waals surface area (Å²) >= 11 is 0. The molecule has 2 rings (SSSR count). The molecule has 0 spiro atoms. The predicted molar refractivity (Wildman–Crippen MR) is 97.0 cm³/mol. The minimum Gasteiger partial charge on any atom is -0.507 e. The van der Waals surface area contributed by atoms with Crippen LogP contribution in [0.25, 0.3) is 0 Å². The second-order valence-corrected chi connectivity index (χ2v) is 6.01. The van der Waals surface area contributed by atoms with E-state index in [1.165, 1.54) is 11.2 Å². The molecule has 3 N–H and O–H groups in total. The van der Waals surface area contributed by atoms with Gasteiger partial charge in [-0.05, 0) is 57.5 Å². The van der Waals surface area contributed by atoms with E-state index in [9.17, 15) is 9.90 Å². The average Bonchev–Trinajstić information content (AvgIpc) is 3.04. The number of hydrogen-bond acceptors (Lipinski definition) is 4. The van der Waals surface area contributed by atoms with Gasteiger partial charge in [-0.2, -0.15) is 5.10 Å². The number of phenols is 1. The first kappa shape index (κ1) is 18.7. The molecule has 0 atom stereocenters. The van der Waals surface area contributed by atoms with Gasteiger partial charge in [0.25, 0.3) is 5.91 Å². The van der Waals surface area contributed by atoms with Gasteiger partial charge in [0, 0.05) is 5.56 Å². The Kier molecular flexibility index (Phi) is 6.36. The third-order valence-electron chi connectivity index (χ3n) is 4.37. The number of nitrogens with zero attached hydrogens (tertiary/aromatic N) is 1. The van der Waals surface area contributed by atoms with Crippen molar-refractivity contribution in [2.24, 2.45) is 5.10 Å². The molecule has 134 valence electrons. The fourth-order valence-electron chi connectivity index (χ4n) is 2.60. The zero-order chi connectivity index (χ0) is 18.4. The number of carbonyl (C=O) groups excluding carboxylic acids is 1. The van der Waals surface area contributed by atoms with E-state index in [4.69, 9.17) is 4.42 Å². The van der Waals surface area contributed by atoms with Crippen molar-refractivity contribution in [1.29, 1.82) is 0 Å². The molecule has 2 aromatic rings. The summed E-state index contributed by atoms with van der Waals surface area (Å²) in [5, 5.41) is 14.3. The predicted octanol–water partition coefficient (Wildman–Crippen LogP) is 1.87. The van der Waals surface area contributed by atoms with Crippen LogP contribution in [-0.2, 0) is 6.54 Å². The first-order valence-corrected chi connectivity index (χ1v) is 8.50. The maximum absolute atomic E-state index is 12.1. The minimum absolute atomic E-state index is 0.286. The number of hydrazone groups is 1. The maximum Gasteiger partial charge on any atom is 0.274 e.